The highest BCUT2D eigenvalue weighted by Crippen LogP contribution is 2.27. The highest BCUT2D eigenvalue weighted by molar-refractivity contribution is 6.31. The molecule has 182 valence electrons. The zero-order chi connectivity index (χ0) is 25.2. The van der Waals surface area contributed by atoms with Gasteiger partial charge in [0.1, 0.15) is 23.9 Å². The first-order valence-corrected chi connectivity index (χ1v) is 11.8. The number of carbonyl (C=O) groups excluding carboxylic acids is 1. The first-order valence-electron chi connectivity index (χ1n) is 11.4. The van der Waals surface area contributed by atoms with Gasteiger partial charge < -0.3 is 14.5 Å². The van der Waals surface area contributed by atoms with Crippen molar-refractivity contribution in [2.75, 3.05) is 5.32 Å². The number of nitrogens with zero attached hydrogens (tertiary/aromatic N) is 2. The van der Waals surface area contributed by atoms with Crippen LogP contribution in [0.3, 0.4) is 0 Å². The number of furan rings is 1. The molecule has 0 aliphatic rings. The Morgan fingerprint density at radius 3 is 2.72 bits per heavy atom. The van der Waals surface area contributed by atoms with E-state index in [0.717, 1.165) is 27.8 Å². The minimum atomic E-state index is -0.398. The van der Waals surface area contributed by atoms with Gasteiger partial charge in [-0.25, -0.2) is 4.39 Å². The summed E-state index contributed by atoms with van der Waals surface area (Å²) in [5.74, 6) is 0.653. The molecule has 6 nitrogen and oxygen atoms in total. The van der Waals surface area contributed by atoms with E-state index in [1.165, 1.54) is 12.1 Å². The van der Waals surface area contributed by atoms with E-state index in [1.54, 1.807) is 29.8 Å². The lowest BCUT2D eigenvalue weighted by molar-refractivity contribution is 0.0992. The number of hydrogen-bond donors (Lipinski definition) is 1. The molecule has 0 atom stereocenters. The van der Waals surface area contributed by atoms with Gasteiger partial charge in [-0.1, -0.05) is 54.1 Å². The highest BCUT2D eigenvalue weighted by atomic mass is 35.5. The third-order valence-corrected chi connectivity index (χ3v) is 6.31. The van der Waals surface area contributed by atoms with Crippen molar-refractivity contribution in [1.82, 2.24) is 9.78 Å². The van der Waals surface area contributed by atoms with E-state index < -0.39 is 11.7 Å². The van der Waals surface area contributed by atoms with Gasteiger partial charge in [-0.05, 0) is 55.1 Å². The molecule has 5 rings (SSSR count). The summed E-state index contributed by atoms with van der Waals surface area (Å²) in [5, 5.41) is 9.81. The van der Waals surface area contributed by atoms with Crippen molar-refractivity contribution in [3.63, 3.8) is 0 Å². The molecule has 3 aromatic carbocycles. The Bertz CT molecular complexity index is 1570. The maximum Gasteiger partial charge on any atom is 0.291 e. The molecule has 0 bridgehead atoms. The molecule has 8 heteroatoms. The van der Waals surface area contributed by atoms with Crippen molar-refractivity contribution < 1.29 is 18.3 Å². The normalized spacial score (nSPS) is 11.1. The number of amides is 1. The number of rotatable bonds is 7. The van der Waals surface area contributed by atoms with Crippen LogP contribution in [0.15, 0.2) is 77.2 Å². The molecule has 0 saturated carbocycles. The van der Waals surface area contributed by atoms with Crippen LogP contribution in [0, 0.1) is 19.7 Å². The number of aryl methyl sites for hydroxylation is 1. The molecule has 1 amide bonds. The van der Waals surface area contributed by atoms with E-state index in [2.05, 4.69) is 10.4 Å². The smallest absolute Gasteiger partial charge is 0.291 e. The molecular formula is C28H23ClFN3O3. The largest absolute Gasteiger partial charge is 0.485 e. The summed E-state index contributed by atoms with van der Waals surface area (Å²) >= 11 is 6.16. The summed E-state index contributed by atoms with van der Waals surface area (Å²) in [5.41, 5.74) is 2.70. The second-order valence-electron chi connectivity index (χ2n) is 8.43. The van der Waals surface area contributed by atoms with Crippen molar-refractivity contribution >= 4 is 34.0 Å². The SMILES string of the molecule is Cc1nn(Cc2ccc(F)cc2Cl)c(C)c1NC(=O)c1ccc(COc2cccc3ccccc23)o1. The summed E-state index contributed by atoms with van der Waals surface area (Å²) < 4.78 is 26.8. The number of ether oxygens (including phenoxy) is 1. The van der Waals surface area contributed by atoms with Gasteiger partial charge in [-0.3, -0.25) is 9.48 Å². The molecule has 1 N–H and O–H groups in total. The van der Waals surface area contributed by atoms with Gasteiger partial charge in [0.15, 0.2) is 5.76 Å². The molecule has 2 heterocycles. The molecule has 0 saturated heterocycles. The average Bonchev–Trinajstić information content (AvgIpc) is 3.45. The topological polar surface area (TPSA) is 69.3 Å². The third-order valence-electron chi connectivity index (χ3n) is 5.96. The van der Waals surface area contributed by atoms with Crippen LogP contribution in [0.4, 0.5) is 10.1 Å². The first kappa shape index (κ1) is 23.6. The Labute approximate surface area is 212 Å². The van der Waals surface area contributed by atoms with Crippen LogP contribution in [0.1, 0.15) is 33.3 Å². The number of fused-ring (bicyclic) bond motifs is 1. The number of nitrogens with one attached hydrogen (secondary N) is 1. The fourth-order valence-corrected chi connectivity index (χ4v) is 4.29. The summed E-state index contributed by atoms with van der Waals surface area (Å²) in [6, 6.07) is 21.4. The second kappa shape index (κ2) is 9.87. The predicted octanol–water partition coefficient (Wildman–Crippen LogP) is 6.92. The molecule has 0 aliphatic carbocycles. The van der Waals surface area contributed by atoms with Gasteiger partial charge in [-0.15, -0.1) is 0 Å². The number of anilines is 1. The van der Waals surface area contributed by atoms with Crippen molar-refractivity contribution in [3.05, 3.63) is 112 Å². The number of aromatic nitrogens is 2. The Morgan fingerprint density at radius 1 is 1.08 bits per heavy atom. The quantitative estimate of drug-likeness (QED) is 0.262. The van der Waals surface area contributed by atoms with Crippen LogP contribution in [0.2, 0.25) is 5.02 Å². The first-order chi connectivity index (χ1) is 17.4. The van der Waals surface area contributed by atoms with Crippen LogP contribution in [0.25, 0.3) is 10.8 Å². The van der Waals surface area contributed by atoms with Crippen molar-refractivity contribution in [2.24, 2.45) is 0 Å². The maximum absolute atomic E-state index is 13.4. The van der Waals surface area contributed by atoms with Gasteiger partial charge in [0, 0.05) is 10.4 Å². The second-order valence-corrected chi connectivity index (χ2v) is 8.83. The number of hydrogen-bond acceptors (Lipinski definition) is 4. The van der Waals surface area contributed by atoms with Gasteiger partial charge in [0.25, 0.3) is 5.91 Å². The van der Waals surface area contributed by atoms with Crippen molar-refractivity contribution in [3.8, 4) is 5.75 Å². The lowest BCUT2D eigenvalue weighted by Crippen LogP contribution is -2.12. The molecule has 0 radical (unpaired) electrons. The number of halogens is 2. The minimum absolute atomic E-state index is 0.166. The van der Waals surface area contributed by atoms with E-state index in [1.807, 2.05) is 49.4 Å². The molecular weight excluding hydrogens is 481 g/mol. The van der Waals surface area contributed by atoms with E-state index in [9.17, 15) is 9.18 Å². The fraction of sp³-hybridized carbons (Fsp3) is 0.143. The molecule has 5 aromatic rings. The Balaban J connectivity index is 1.27. The van der Waals surface area contributed by atoms with Gasteiger partial charge >= 0.3 is 0 Å². The Hall–Kier alpha value is -4.10. The number of carbonyl (C=O) groups is 1. The van der Waals surface area contributed by atoms with Gasteiger partial charge in [0.05, 0.1) is 23.6 Å². The highest BCUT2D eigenvalue weighted by Gasteiger charge is 2.18. The lowest BCUT2D eigenvalue weighted by atomic mass is 10.1. The molecule has 0 unspecified atom stereocenters. The summed E-state index contributed by atoms with van der Waals surface area (Å²) in [4.78, 5) is 12.9. The molecule has 2 aromatic heterocycles. The van der Waals surface area contributed by atoms with Crippen LogP contribution in [-0.4, -0.2) is 15.7 Å². The van der Waals surface area contributed by atoms with E-state index in [-0.39, 0.29) is 12.4 Å². The predicted molar refractivity (Wildman–Crippen MR) is 137 cm³/mol. The maximum atomic E-state index is 13.4. The monoisotopic (exact) mass is 503 g/mol. The van der Waals surface area contributed by atoms with Crippen LogP contribution in [0.5, 0.6) is 5.75 Å². The molecule has 0 aliphatic heterocycles. The fourth-order valence-electron chi connectivity index (χ4n) is 4.07. The van der Waals surface area contributed by atoms with Crippen LogP contribution < -0.4 is 10.1 Å². The molecule has 36 heavy (non-hydrogen) atoms. The molecule has 0 spiro atoms. The standard InChI is InChI=1S/C28H23ClFN3O3/c1-17-27(18(2)33(32-17)15-20-10-11-21(30)14-24(20)29)31-28(34)26-13-12-22(36-26)16-35-25-9-5-7-19-6-3-4-8-23(19)25/h3-14H,15-16H2,1-2H3,(H,31,34). The van der Waals surface area contributed by atoms with E-state index >= 15 is 0 Å². The van der Waals surface area contributed by atoms with Crippen molar-refractivity contribution in [1.29, 1.82) is 0 Å². The van der Waals surface area contributed by atoms with Crippen LogP contribution in [-0.2, 0) is 13.2 Å². The molecule has 0 fully saturated rings. The third kappa shape index (κ3) is 4.83. The zero-order valence-electron chi connectivity index (χ0n) is 19.7. The van der Waals surface area contributed by atoms with E-state index in [0.29, 0.717) is 28.7 Å². The minimum Gasteiger partial charge on any atom is -0.485 e. The summed E-state index contributed by atoms with van der Waals surface area (Å²) in [7, 11) is 0. The van der Waals surface area contributed by atoms with E-state index in [4.69, 9.17) is 20.8 Å². The Kier molecular flexibility index (Phi) is 6.48. The number of benzene rings is 3. The van der Waals surface area contributed by atoms with Crippen molar-refractivity contribution in [2.45, 2.75) is 27.0 Å². The average molecular weight is 504 g/mol. The van der Waals surface area contributed by atoms with Gasteiger partial charge in [-0.2, -0.15) is 5.10 Å². The van der Waals surface area contributed by atoms with Crippen LogP contribution >= 0.6 is 11.6 Å². The summed E-state index contributed by atoms with van der Waals surface area (Å²) in [6.07, 6.45) is 0. The van der Waals surface area contributed by atoms with Gasteiger partial charge in [0.2, 0.25) is 0 Å². The summed E-state index contributed by atoms with van der Waals surface area (Å²) in [6.45, 7) is 4.18. The zero-order valence-corrected chi connectivity index (χ0v) is 20.5. The Morgan fingerprint density at radius 2 is 1.89 bits per heavy atom. The lowest BCUT2D eigenvalue weighted by Gasteiger charge is -2.08.